The Kier molecular flexibility index (Phi) is 3.91. The van der Waals surface area contributed by atoms with Crippen LogP contribution in [0.5, 0.6) is 5.75 Å². The largest absolute Gasteiger partial charge is 0.507 e. The van der Waals surface area contributed by atoms with Crippen molar-refractivity contribution in [2.75, 3.05) is 0 Å². The summed E-state index contributed by atoms with van der Waals surface area (Å²) >= 11 is 5.67. The van der Waals surface area contributed by atoms with Crippen LogP contribution >= 0.6 is 11.6 Å². The van der Waals surface area contributed by atoms with Gasteiger partial charge in [0.15, 0.2) is 5.78 Å². The maximum Gasteiger partial charge on any atom is 0.416 e. The molecule has 2 rings (SSSR count). The number of phenolic OH excluding ortho intramolecular Hbond substituents is 1. The summed E-state index contributed by atoms with van der Waals surface area (Å²) in [5.41, 5.74) is -2.12. The van der Waals surface area contributed by atoms with Crippen molar-refractivity contribution in [2.24, 2.45) is 0 Å². The van der Waals surface area contributed by atoms with Crippen LogP contribution in [-0.2, 0) is 6.18 Å². The summed E-state index contributed by atoms with van der Waals surface area (Å²) in [5.74, 6) is -2.61. The van der Waals surface area contributed by atoms with Crippen molar-refractivity contribution in [1.29, 1.82) is 0 Å². The molecule has 2 aromatic rings. The smallest absolute Gasteiger partial charge is 0.416 e. The van der Waals surface area contributed by atoms with E-state index in [1.807, 2.05) is 0 Å². The first-order valence-corrected chi connectivity index (χ1v) is 5.97. The lowest BCUT2D eigenvalue weighted by atomic mass is 10.00. The zero-order chi connectivity index (χ0) is 15.8. The minimum absolute atomic E-state index is 0.114. The molecule has 0 amide bonds. The number of halogens is 5. The maximum atomic E-state index is 13.3. The van der Waals surface area contributed by atoms with Crippen LogP contribution in [0.3, 0.4) is 0 Å². The Balaban J connectivity index is 2.54. The van der Waals surface area contributed by atoms with Crippen molar-refractivity contribution in [3.05, 3.63) is 63.9 Å². The molecule has 0 heterocycles. The third kappa shape index (κ3) is 3.33. The monoisotopic (exact) mass is 318 g/mol. The normalized spacial score (nSPS) is 11.5. The van der Waals surface area contributed by atoms with E-state index in [4.69, 9.17) is 11.6 Å². The van der Waals surface area contributed by atoms with Crippen LogP contribution < -0.4 is 0 Å². The predicted octanol–water partition coefficient (Wildman–Crippen LogP) is 4.43. The van der Waals surface area contributed by atoms with Crippen molar-refractivity contribution in [2.45, 2.75) is 6.18 Å². The van der Waals surface area contributed by atoms with Crippen LogP contribution in [-0.4, -0.2) is 10.9 Å². The summed E-state index contributed by atoms with van der Waals surface area (Å²) in [7, 11) is 0. The summed E-state index contributed by atoms with van der Waals surface area (Å²) in [6, 6.07) is 5.00. The molecule has 7 heteroatoms. The number of phenols is 1. The number of rotatable bonds is 2. The molecule has 110 valence electrons. The second-order valence-corrected chi connectivity index (χ2v) is 4.65. The number of carbonyl (C=O) groups excluding carboxylic acids is 1. The van der Waals surface area contributed by atoms with E-state index in [0.717, 1.165) is 12.1 Å². The van der Waals surface area contributed by atoms with E-state index in [9.17, 15) is 27.5 Å². The van der Waals surface area contributed by atoms with E-state index in [1.54, 1.807) is 0 Å². The highest BCUT2D eigenvalue weighted by molar-refractivity contribution is 6.31. The predicted molar refractivity (Wildman–Crippen MR) is 68.0 cm³/mol. The molecule has 0 atom stereocenters. The Morgan fingerprint density at radius 1 is 1.10 bits per heavy atom. The zero-order valence-corrected chi connectivity index (χ0v) is 11.0. The van der Waals surface area contributed by atoms with Gasteiger partial charge in [0.25, 0.3) is 0 Å². The molecule has 2 nitrogen and oxygen atoms in total. The Morgan fingerprint density at radius 3 is 2.38 bits per heavy atom. The van der Waals surface area contributed by atoms with Gasteiger partial charge < -0.3 is 5.11 Å². The summed E-state index contributed by atoms with van der Waals surface area (Å²) < 4.78 is 51.1. The Hall–Kier alpha value is -2.08. The van der Waals surface area contributed by atoms with Gasteiger partial charge in [0.2, 0.25) is 0 Å². The molecule has 0 spiro atoms. The average Bonchev–Trinajstić information content (AvgIpc) is 2.39. The van der Waals surface area contributed by atoms with E-state index in [1.165, 1.54) is 6.07 Å². The van der Waals surface area contributed by atoms with Crippen LogP contribution in [0, 0.1) is 5.82 Å². The highest BCUT2D eigenvalue weighted by Crippen LogP contribution is 2.32. The van der Waals surface area contributed by atoms with Crippen molar-refractivity contribution in [1.82, 2.24) is 0 Å². The summed E-state index contributed by atoms with van der Waals surface area (Å²) in [4.78, 5) is 12.1. The molecule has 0 aliphatic rings. The van der Waals surface area contributed by atoms with Gasteiger partial charge in [-0.05, 0) is 36.4 Å². The fourth-order valence-corrected chi connectivity index (χ4v) is 1.90. The first-order chi connectivity index (χ1) is 9.68. The third-order valence-electron chi connectivity index (χ3n) is 2.69. The minimum atomic E-state index is -4.78. The first kappa shape index (κ1) is 15.3. The highest BCUT2D eigenvalue weighted by Gasteiger charge is 2.32. The van der Waals surface area contributed by atoms with Crippen molar-refractivity contribution < 1.29 is 27.5 Å². The number of ketones is 1. The van der Waals surface area contributed by atoms with Crippen molar-refractivity contribution in [3.63, 3.8) is 0 Å². The van der Waals surface area contributed by atoms with Crippen LogP contribution in [0.1, 0.15) is 21.5 Å². The molecule has 0 fully saturated rings. The number of aromatic hydroxyl groups is 1. The number of alkyl halides is 3. The van der Waals surface area contributed by atoms with E-state index in [2.05, 4.69) is 0 Å². The molecule has 0 aromatic heterocycles. The van der Waals surface area contributed by atoms with Crippen molar-refractivity contribution >= 4 is 17.4 Å². The molecule has 2 aromatic carbocycles. The van der Waals surface area contributed by atoms with E-state index in [-0.39, 0.29) is 16.7 Å². The van der Waals surface area contributed by atoms with Gasteiger partial charge >= 0.3 is 6.18 Å². The average molecular weight is 319 g/mol. The van der Waals surface area contributed by atoms with Crippen molar-refractivity contribution in [3.8, 4) is 5.75 Å². The summed E-state index contributed by atoms with van der Waals surface area (Å²) in [5, 5.41) is 9.68. The Bertz CT molecular complexity index is 711. The lowest BCUT2D eigenvalue weighted by Crippen LogP contribution is -2.09. The van der Waals surface area contributed by atoms with Crippen LogP contribution in [0.2, 0.25) is 5.02 Å². The molecule has 0 aliphatic heterocycles. The van der Waals surface area contributed by atoms with Gasteiger partial charge in [-0.15, -0.1) is 0 Å². The Labute approximate surface area is 121 Å². The lowest BCUT2D eigenvalue weighted by molar-refractivity contribution is -0.137. The Morgan fingerprint density at radius 2 is 1.76 bits per heavy atom. The van der Waals surface area contributed by atoms with Gasteiger partial charge in [-0.25, -0.2) is 4.39 Å². The van der Waals surface area contributed by atoms with Gasteiger partial charge in [-0.3, -0.25) is 4.79 Å². The first-order valence-electron chi connectivity index (χ1n) is 5.59. The van der Waals surface area contributed by atoms with Gasteiger partial charge in [0.05, 0.1) is 11.1 Å². The summed E-state index contributed by atoms with van der Waals surface area (Å²) in [6.07, 6.45) is -4.78. The van der Waals surface area contributed by atoms with Crippen LogP contribution in [0.15, 0.2) is 36.4 Å². The molecule has 0 aliphatic carbocycles. The van der Waals surface area contributed by atoms with Crippen LogP contribution in [0.4, 0.5) is 17.6 Å². The van der Waals surface area contributed by atoms with Gasteiger partial charge in [-0.2, -0.15) is 13.2 Å². The molecular formula is C14H7ClF4O2. The van der Waals surface area contributed by atoms with E-state index >= 15 is 0 Å². The molecule has 0 unspecified atom stereocenters. The zero-order valence-electron chi connectivity index (χ0n) is 10.2. The highest BCUT2D eigenvalue weighted by atomic mass is 35.5. The molecule has 21 heavy (non-hydrogen) atoms. The van der Waals surface area contributed by atoms with E-state index in [0.29, 0.717) is 12.1 Å². The van der Waals surface area contributed by atoms with E-state index < -0.39 is 34.7 Å². The van der Waals surface area contributed by atoms with Gasteiger partial charge in [0.1, 0.15) is 11.6 Å². The second kappa shape index (κ2) is 5.37. The minimum Gasteiger partial charge on any atom is -0.507 e. The fraction of sp³-hybridized carbons (Fsp3) is 0.0714. The fourth-order valence-electron chi connectivity index (χ4n) is 1.73. The quantitative estimate of drug-likeness (QED) is 0.657. The number of hydrogen-bond donors (Lipinski definition) is 1. The SMILES string of the molecule is O=C(c1cc(F)cc(C(F)(F)F)c1)c1cc(Cl)ccc1O. The third-order valence-corrected chi connectivity index (χ3v) is 2.93. The lowest BCUT2D eigenvalue weighted by Gasteiger charge is -2.10. The number of hydrogen-bond acceptors (Lipinski definition) is 2. The molecule has 1 N–H and O–H groups in total. The topological polar surface area (TPSA) is 37.3 Å². The summed E-state index contributed by atoms with van der Waals surface area (Å²) in [6.45, 7) is 0. The molecule has 0 saturated heterocycles. The van der Waals surface area contributed by atoms with Gasteiger partial charge in [-0.1, -0.05) is 11.6 Å². The molecule has 0 bridgehead atoms. The second-order valence-electron chi connectivity index (χ2n) is 4.22. The molecule has 0 saturated carbocycles. The van der Waals surface area contributed by atoms with Crippen LogP contribution in [0.25, 0.3) is 0 Å². The standard InChI is InChI=1S/C14H7ClF4O2/c15-9-1-2-12(20)11(6-9)13(21)7-3-8(14(17,18)19)5-10(16)4-7/h1-6,20H. The number of carbonyl (C=O) groups is 1. The number of benzene rings is 2. The maximum absolute atomic E-state index is 13.3. The van der Waals surface area contributed by atoms with Gasteiger partial charge in [0, 0.05) is 10.6 Å². The molecular weight excluding hydrogens is 312 g/mol. The molecule has 0 radical (unpaired) electrons.